The van der Waals surface area contributed by atoms with Crippen molar-refractivity contribution in [2.75, 3.05) is 6.54 Å². The molecular weight excluding hydrogens is 390 g/mol. The fourth-order valence-corrected chi connectivity index (χ4v) is 5.95. The Morgan fingerprint density at radius 1 is 1.10 bits per heavy atom. The van der Waals surface area contributed by atoms with E-state index in [2.05, 4.69) is 0 Å². The smallest absolute Gasteiger partial charge is 0.309 e. The summed E-state index contributed by atoms with van der Waals surface area (Å²) in [4.78, 5) is 53.2. The van der Waals surface area contributed by atoms with Gasteiger partial charge < -0.3 is 19.5 Å². The van der Waals surface area contributed by atoms with Crippen LogP contribution in [0.4, 0.5) is 0 Å². The van der Waals surface area contributed by atoms with E-state index in [0.29, 0.717) is 32.2 Å². The molecule has 4 fully saturated rings. The van der Waals surface area contributed by atoms with E-state index in [0.717, 1.165) is 0 Å². The first kappa shape index (κ1) is 21.3. The number of esters is 2. The minimum absolute atomic E-state index is 0.00886. The van der Waals surface area contributed by atoms with Gasteiger partial charge in [0.15, 0.2) is 0 Å². The summed E-state index contributed by atoms with van der Waals surface area (Å²) < 4.78 is 11.2. The van der Waals surface area contributed by atoms with E-state index in [9.17, 15) is 24.3 Å². The number of hydrogen-bond donors (Lipinski definition) is 1. The molecule has 30 heavy (non-hydrogen) atoms. The number of carbonyl (C=O) groups is 4. The molecular formula is C22H31NO7. The van der Waals surface area contributed by atoms with Gasteiger partial charge in [-0.05, 0) is 32.1 Å². The molecule has 0 aromatic carbocycles. The van der Waals surface area contributed by atoms with Crippen molar-refractivity contribution in [3.8, 4) is 0 Å². The zero-order valence-electron chi connectivity index (χ0n) is 17.8. The molecule has 4 heterocycles. The standard InChI is InChI=1S/C22H31NO7/c1-4-13-18-17(12(3)20(26)30-18)15(24)10-14(16-9-11(2)19(25)29-16)23-8-6-5-7-22(13,28)21(23)27/h11-14,16-18,28H,4-10H2,1-3H3/t11-,12-,13-,14-,16-,17+,18-,22+/m0/s1. The van der Waals surface area contributed by atoms with Crippen LogP contribution in [-0.2, 0) is 28.7 Å². The number of carbonyl (C=O) groups excluding carboxylic acids is 4. The summed E-state index contributed by atoms with van der Waals surface area (Å²) in [7, 11) is 0. The number of Topliss-reactive ketones (excluding diaryl/α,β-unsaturated/α-hetero) is 1. The number of nitrogens with zero attached hydrogens (tertiary/aromatic N) is 1. The Morgan fingerprint density at radius 3 is 2.47 bits per heavy atom. The Balaban J connectivity index is 1.81. The summed E-state index contributed by atoms with van der Waals surface area (Å²) in [5, 5.41) is 11.7. The molecule has 8 heteroatoms. The lowest BCUT2D eigenvalue weighted by atomic mass is 9.72. The van der Waals surface area contributed by atoms with Crippen LogP contribution >= 0.6 is 0 Å². The van der Waals surface area contributed by atoms with E-state index in [1.54, 1.807) is 18.7 Å². The van der Waals surface area contributed by atoms with E-state index in [1.165, 1.54) is 0 Å². The van der Waals surface area contributed by atoms with Gasteiger partial charge in [-0.2, -0.15) is 0 Å². The van der Waals surface area contributed by atoms with Gasteiger partial charge in [-0.15, -0.1) is 0 Å². The molecule has 1 amide bonds. The second kappa shape index (κ2) is 7.62. The number of amides is 1. The molecule has 0 saturated carbocycles. The molecule has 4 aliphatic heterocycles. The van der Waals surface area contributed by atoms with Gasteiger partial charge in [0.2, 0.25) is 0 Å². The van der Waals surface area contributed by atoms with Gasteiger partial charge >= 0.3 is 11.9 Å². The molecule has 0 unspecified atom stereocenters. The summed E-state index contributed by atoms with van der Waals surface area (Å²) >= 11 is 0. The quantitative estimate of drug-likeness (QED) is 0.668. The number of aliphatic hydroxyl groups is 1. The average molecular weight is 421 g/mol. The first-order valence-corrected chi connectivity index (χ1v) is 11.2. The van der Waals surface area contributed by atoms with Crippen molar-refractivity contribution in [2.24, 2.45) is 23.7 Å². The highest BCUT2D eigenvalue weighted by Crippen LogP contribution is 2.45. The molecule has 4 aliphatic rings. The van der Waals surface area contributed by atoms with Crippen molar-refractivity contribution in [1.29, 1.82) is 0 Å². The molecule has 8 atom stereocenters. The molecule has 2 bridgehead atoms. The Morgan fingerprint density at radius 2 is 1.83 bits per heavy atom. The second-order valence-electron chi connectivity index (χ2n) is 9.46. The number of ether oxygens (including phenoxy) is 2. The minimum atomic E-state index is -1.71. The van der Waals surface area contributed by atoms with Crippen molar-refractivity contribution in [1.82, 2.24) is 4.90 Å². The van der Waals surface area contributed by atoms with Gasteiger partial charge in [0.25, 0.3) is 5.91 Å². The summed E-state index contributed by atoms with van der Waals surface area (Å²) in [6.07, 6.45) is 1.02. The predicted octanol–water partition coefficient (Wildman–Crippen LogP) is 1.23. The first-order chi connectivity index (χ1) is 14.2. The van der Waals surface area contributed by atoms with Crippen molar-refractivity contribution >= 4 is 23.6 Å². The normalized spacial score (nSPS) is 44.5. The Bertz CT molecular complexity index is 767. The van der Waals surface area contributed by atoms with Gasteiger partial charge in [0.05, 0.1) is 23.8 Å². The van der Waals surface area contributed by atoms with E-state index in [-0.39, 0.29) is 30.5 Å². The summed E-state index contributed by atoms with van der Waals surface area (Å²) in [5.74, 6) is -3.69. The van der Waals surface area contributed by atoms with Crippen LogP contribution in [0.2, 0.25) is 0 Å². The monoisotopic (exact) mass is 421 g/mol. The molecule has 4 rings (SSSR count). The minimum Gasteiger partial charge on any atom is -0.461 e. The van der Waals surface area contributed by atoms with Crippen LogP contribution < -0.4 is 0 Å². The van der Waals surface area contributed by atoms with Crippen LogP contribution in [0.1, 0.15) is 59.3 Å². The largest absolute Gasteiger partial charge is 0.461 e. The topological polar surface area (TPSA) is 110 Å². The highest BCUT2D eigenvalue weighted by Gasteiger charge is 2.60. The van der Waals surface area contributed by atoms with Crippen molar-refractivity contribution in [3.63, 3.8) is 0 Å². The number of fused-ring (bicyclic) bond motifs is 3. The van der Waals surface area contributed by atoms with Crippen molar-refractivity contribution < 1.29 is 33.8 Å². The lowest BCUT2D eigenvalue weighted by Crippen LogP contribution is -2.58. The molecule has 8 nitrogen and oxygen atoms in total. The number of ketones is 1. The van der Waals surface area contributed by atoms with E-state index in [4.69, 9.17) is 9.47 Å². The first-order valence-electron chi connectivity index (χ1n) is 11.2. The molecule has 0 radical (unpaired) electrons. The molecule has 0 aromatic heterocycles. The number of rotatable bonds is 2. The maximum absolute atomic E-state index is 13.7. The lowest BCUT2D eigenvalue weighted by Gasteiger charge is -2.41. The molecule has 0 aromatic rings. The SMILES string of the molecule is CC[C@H]1[C@@H]2OC(=O)[C@@H](C)[C@@H]2C(=O)C[C@@H]([C@@H]2C[C@H](C)C(=O)O2)N2CCCC[C@]1(O)C2=O. The van der Waals surface area contributed by atoms with Crippen LogP contribution in [0.3, 0.4) is 0 Å². The van der Waals surface area contributed by atoms with E-state index >= 15 is 0 Å². The van der Waals surface area contributed by atoms with Crippen LogP contribution in [0.15, 0.2) is 0 Å². The second-order valence-corrected chi connectivity index (χ2v) is 9.46. The maximum Gasteiger partial charge on any atom is 0.309 e. The van der Waals surface area contributed by atoms with Gasteiger partial charge in [-0.3, -0.25) is 19.2 Å². The fraction of sp³-hybridized carbons (Fsp3) is 0.818. The highest BCUT2D eigenvalue weighted by molar-refractivity contribution is 5.93. The maximum atomic E-state index is 13.7. The summed E-state index contributed by atoms with van der Waals surface area (Å²) in [6.45, 7) is 5.70. The van der Waals surface area contributed by atoms with E-state index in [1.807, 2.05) is 6.92 Å². The van der Waals surface area contributed by atoms with Crippen LogP contribution in [-0.4, -0.2) is 64.0 Å². The fourth-order valence-electron chi connectivity index (χ4n) is 5.95. The molecule has 0 aliphatic carbocycles. The Labute approximate surface area is 176 Å². The molecule has 166 valence electrons. The predicted molar refractivity (Wildman–Crippen MR) is 104 cm³/mol. The van der Waals surface area contributed by atoms with Crippen LogP contribution in [0.5, 0.6) is 0 Å². The van der Waals surface area contributed by atoms with Crippen molar-refractivity contribution in [3.05, 3.63) is 0 Å². The third kappa shape index (κ3) is 3.15. The Kier molecular flexibility index (Phi) is 5.41. The van der Waals surface area contributed by atoms with Gasteiger partial charge in [0.1, 0.15) is 23.6 Å². The average Bonchev–Trinajstić information content (AvgIpc) is 3.13. The van der Waals surface area contributed by atoms with Gasteiger partial charge in [-0.25, -0.2) is 0 Å². The van der Waals surface area contributed by atoms with Crippen LogP contribution in [0.25, 0.3) is 0 Å². The zero-order chi connectivity index (χ0) is 21.8. The lowest BCUT2D eigenvalue weighted by molar-refractivity contribution is -0.172. The van der Waals surface area contributed by atoms with Crippen molar-refractivity contribution in [2.45, 2.75) is 83.1 Å². The number of cyclic esters (lactones) is 1. The third-order valence-corrected chi connectivity index (χ3v) is 7.67. The van der Waals surface area contributed by atoms with Crippen LogP contribution in [0, 0.1) is 23.7 Å². The van der Waals surface area contributed by atoms with Gasteiger partial charge in [-0.1, -0.05) is 20.8 Å². The third-order valence-electron chi connectivity index (χ3n) is 7.67. The number of hydrogen-bond acceptors (Lipinski definition) is 7. The Hall–Kier alpha value is -1.96. The highest BCUT2D eigenvalue weighted by atomic mass is 16.6. The molecule has 4 saturated heterocycles. The molecule has 0 spiro atoms. The zero-order valence-corrected chi connectivity index (χ0v) is 17.8. The summed E-state index contributed by atoms with van der Waals surface area (Å²) in [5.41, 5.74) is -1.71. The van der Waals surface area contributed by atoms with E-state index < -0.39 is 53.5 Å². The van der Waals surface area contributed by atoms with Gasteiger partial charge in [0, 0.05) is 18.9 Å². The molecule has 1 N–H and O–H groups in total. The summed E-state index contributed by atoms with van der Waals surface area (Å²) in [6, 6.07) is -0.636.